The minimum atomic E-state index is -4.16. The molecular weight excluding hydrogens is 438 g/mol. The number of benzene rings is 2. The molecule has 3 aromatic rings. The zero-order valence-electron chi connectivity index (χ0n) is 17.2. The van der Waals surface area contributed by atoms with Crippen LogP contribution in [-0.2, 0) is 9.84 Å². The third kappa shape index (κ3) is 5.24. The monoisotopic (exact) mass is 458 g/mol. The van der Waals surface area contributed by atoms with E-state index in [1.54, 1.807) is 13.2 Å². The number of H-pyrrole nitrogens is 1. The van der Waals surface area contributed by atoms with Crippen LogP contribution in [0.1, 0.15) is 0 Å². The van der Waals surface area contributed by atoms with E-state index >= 15 is 0 Å². The fraction of sp³-hybridized carbons (Fsp3) is 0.0952. The van der Waals surface area contributed by atoms with Crippen LogP contribution < -0.4 is 10.6 Å². The molecule has 3 N–H and O–H groups in total. The van der Waals surface area contributed by atoms with Crippen LogP contribution >= 0.6 is 0 Å². The number of sulfone groups is 1. The maximum absolute atomic E-state index is 13.9. The molecule has 0 amide bonds. The van der Waals surface area contributed by atoms with Crippen LogP contribution in [-0.4, -0.2) is 44.5 Å². The maximum atomic E-state index is 13.9. The van der Waals surface area contributed by atoms with Crippen molar-refractivity contribution in [3.63, 3.8) is 0 Å². The van der Waals surface area contributed by atoms with Gasteiger partial charge < -0.3 is 10.6 Å². The standard InChI is InChI=1S/C21H20F2N6O2S/c1-13(8-9-32(30,31)19-7-4-15(22)11-17(19)23)20(24-2)28-21(25-3)27-16-5-6-18-14(10-16)12-26-29-18/h4-12H,1H2,2-3H3,(H,26,29)(H2,24,25,27,28)/b9-8+. The molecule has 8 nitrogen and oxygen atoms in total. The zero-order chi connectivity index (χ0) is 23.3. The highest BCUT2D eigenvalue weighted by atomic mass is 32.2. The van der Waals surface area contributed by atoms with Gasteiger partial charge >= 0.3 is 0 Å². The molecule has 0 unspecified atom stereocenters. The van der Waals surface area contributed by atoms with Gasteiger partial charge in [-0.1, -0.05) is 6.58 Å². The van der Waals surface area contributed by atoms with Crippen molar-refractivity contribution in [2.24, 2.45) is 9.98 Å². The van der Waals surface area contributed by atoms with Crippen molar-refractivity contribution in [3.8, 4) is 0 Å². The Morgan fingerprint density at radius 1 is 1.16 bits per heavy atom. The lowest BCUT2D eigenvalue weighted by Gasteiger charge is -2.14. The van der Waals surface area contributed by atoms with Gasteiger partial charge in [0.25, 0.3) is 0 Å². The minimum Gasteiger partial charge on any atom is -0.326 e. The summed E-state index contributed by atoms with van der Waals surface area (Å²) >= 11 is 0. The number of aliphatic imine (C=N–C) groups is 2. The van der Waals surface area contributed by atoms with Crippen LogP contribution in [0.3, 0.4) is 0 Å². The Kier molecular flexibility index (Phi) is 6.79. The number of anilines is 1. The van der Waals surface area contributed by atoms with Crippen LogP contribution in [0.4, 0.5) is 14.5 Å². The van der Waals surface area contributed by atoms with Gasteiger partial charge in [0, 0.05) is 42.2 Å². The molecule has 0 spiro atoms. The number of rotatable bonds is 5. The molecule has 0 fully saturated rings. The van der Waals surface area contributed by atoms with E-state index in [1.165, 1.54) is 7.05 Å². The fourth-order valence-corrected chi connectivity index (χ4v) is 3.80. The van der Waals surface area contributed by atoms with E-state index in [2.05, 4.69) is 37.4 Å². The lowest BCUT2D eigenvalue weighted by Crippen LogP contribution is -2.36. The Bertz CT molecular complexity index is 1360. The molecule has 0 bridgehead atoms. The molecule has 0 radical (unpaired) electrons. The van der Waals surface area contributed by atoms with Gasteiger partial charge in [-0.05, 0) is 36.4 Å². The summed E-state index contributed by atoms with van der Waals surface area (Å²) < 4.78 is 51.7. The van der Waals surface area contributed by atoms with E-state index in [0.717, 1.165) is 40.2 Å². The molecule has 1 aromatic heterocycles. The van der Waals surface area contributed by atoms with Crippen molar-refractivity contribution in [1.29, 1.82) is 0 Å². The Morgan fingerprint density at radius 3 is 2.62 bits per heavy atom. The SMILES string of the molecule is C=C(/C=C/S(=O)(=O)c1ccc(F)cc1F)C(=NC)NC(=NC)Nc1ccc2[nH]ncc2c1. The topological polar surface area (TPSA) is 112 Å². The van der Waals surface area contributed by atoms with Gasteiger partial charge in [0.15, 0.2) is 0 Å². The summed E-state index contributed by atoms with van der Waals surface area (Å²) in [4.78, 5) is 7.54. The number of hydrogen-bond acceptors (Lipinski definition) is 5. The van der Waals surface area contributed by atoms with Crippen LogP contribution in [0.15, 0.2) is 81.1 Å². The highest BCUT2D eigenvalue weighted by Crippen LogP contribution is 2.19. The third-order valence-corrected chi connectivity index (χ3v) is 5.78. The van der Waals surface area contributed by atoms with E-state index in [1.807, 2.05) is 18.2 Å². The van der Waals surface area contributed by atoms with E-state index in [4.69, 9.17) is 0 Å². The summed E-state index contributed by atoms with van der Waals surface area (Å²) in [6.07, 6.45) is 2.85. The van der Waals surface area contributed by atoms with Gasteiger partial charge in [-0.3, -0.25) is 15.1 Å². The molecule has 0 aliphatic rings. The summed E-state index contributed by atoms with van der Waals surface area (Å²) in [7, 11) is -1.12. The molecule has 0 saturated carbocycles. The second-order valence-corrected chi connectivity index (χ2v) is 8.32. The first-order chi connectivity index (χ1) is 15.2. The lowest BCUT2D eigenvalue weighted by molar-refractivity contribution is 0.552. The van der Waals surface area contributed by atoms with Crippen molar-refractivity contribution >= 4 is 38.2 Å². The van der Waals surface area contributed by atoms with Gasteiger partial charge in [0.1, 0.15) is 22.4 Å². The first-order valence-electron chi connectivity index (χ1n) is 9.21. The number of hydrogen-bond donors (Lipinski definition) is 3. The number of fused-ring (bicyclic) bond motifs is 1. The first kappa shape index (κ1) is 22.8. The van der Waals surface area contributed by atoms with Crippen LogP contribution in [0.5, 0.6) is 0 Å². The number of guanidine groups is 1. The largest absolute Gasteiger partial charge is 0.326 e. The number of halogens is 2. The quantitative estimate of drug-likeness (QED) is 0.235. The van der Waals surface area contributed by atoms with Gasteiger partial charge in [-0.25, -0.2) is 17.2 Å². The molecule has 11 heteroatoms. The first-order valence-corrected chi connectivity index (χ1v) is 10.8. The number of nitrogens with one attached hydrogen (secondary N) is 3. The molecular formula is C21H20F2N6O2S. The Labute approximate surface area is 183 Å². The second kappa shape index (κ2) is 9.52. The molecule has 1 heterocycles. The number of aromatic nitrogens is 2. The maximum Gasteiger partial charge on any atom is 0.202 e. The third-order valence-electron chi connectivity index (χ3n) is 4.34. The summed E-state index contributed by atoms with van der Waals surface area (Å²) in [6, 6.07) is 7.79. The number of aromatic amines is 1. The summed E-state index contributed by atoms with van der Waals surface area (Å²) in [5, 5.41) is 14.5. The summed E-state index contributed by atoms with van der Waals surface area (Å²) in [6.45, 7) is 3.79. The molecule has 166 valence electrons. The summed E-state index contributed by atoms with van der Waals surface area (Å²) in [5.41, 5.74) is 1.82. The van der Waals surface area contributed by atoms with Gasteiger partial charge in [-0.15, -0.1) is 0 Å². The Balaban J connectivity index is 1.73. The molecule has 0 aliphatic carbocycles. The van der Waals surface area contributed by atoms with Gasteiger partial charge in [-0.2, -0.15) is 5.10 Å². The van der Waals surface area contributed by atoms with Crippen LogP contribution in [0, 0.1) is 11.6 Å². The molecule has 0 aliphatic heterocycles. The minimum absolute atomic E-state index is 0.201. The Morgan fingerprint density at radius 2 is 1.94 bits per heavy atom. The lowest BCUT2D eigenvalue weighted by atomic mass is 10.2. The predicted octanol–water partition coefficient (Wildman–Crippen LogP) is 3.40. The normalized spacial score (nSPS) is 13.0. The van der Waals surface area contributed by atoms with Crippen LogP contribution in [0.25, 0.3) is 10.9 Å². The van der Waals surface area contributed by atoms with Gasteiger partial charge in [0.2, 0.25) is 15.8 Å². The van der Waals surface area contributed by atoms with E-state index in [-0.39, 0.29) is 11.4 Å². The Hall–Kier alpha value is -3.86. The fourth-order valence-electron chi connectivity index (χ4n) is 2.72. The zero-order valence-corrected chi connectivity index (χ0v) is 18.0. The highest BCUT2D eigenvalue weighted by Gasteiger charge is 2.17. The van der Waals surface area contributed by atoms with Crippen molar-refractivity contribution < 1.29 is 17.2 Å². The van der Waals surface area contributed by atoms with E-state index in [0.29, 0.717) is 12.0 Å². The van der Waals surface area contributed by atoms with Crippen molar-refractivity contribution in [2.75, 3.05) is 19.4 Å². The molecule has 32 heavy (non-hydrogen) atoms. The molecule has 2 aromatic carbocycles. The van der Waals surface area contributed by atoms with Crippen molar-refractivity contribution in [2.45, 2.75) is 4.90 Å². The average Bonchev–Trinajstić information content (AvgIpc) is 3.22. The van der Waals surface area contributed by atoms with Crippen molar-refractivity contribution in [1.82, 2.24) is 15.5 Å². The number of amidine groups is 1. The molecule has 3 rings (SSSR count). The second-order valence-electron chi connectivity index (χ2n) is 6.51. The van der Waals surface area contributed by atoms with Gasteiger partial charge in [0.05, 0.1) is 11.7 Å². The summed E-state index contributed by atoms with van der Waals surface area (Å²) in [5.74, 6) is -1.49. The highest BCUT2D eigenvalue weighted by molar-refractivity contribution is 7.94. The average molecular weight is 458 g/mol. The predicted molar refractivity (Wildman–Crippen MR) is 121 cm³/mol. The van der Waals surface area contributed by atoms with Crippen LogP contribution in [0.2, 0.25) is 0 Å². The van der Waals surface area contributed by atoms with E-state index in [9.17, 15) is 17.2 Å². The molecule has 0 atom stereocenters. The molecule has 0 saturated heterocycles. The van der Waals surface area contributed by atoms with E-state index < -0.39 is 26.4 Å². The smallest absolute Gasteiger partial charge is 0.202 e. The number of nitrogens with zero attached hydrogens (tertiary/aromatic N) is 3. The van der Waals surface area contributed by atoms with Crippen molar-refractivity contribution in [3.05, 3.63) is 77.9 Å².